The lowest BCUT2D eigenvalue weighted by Gasteiger charge is -2.25. The number of primary amides is 1. The number of benzene rings is 1. The van der Waals surface area contributed by atoms with Crippen LogP contribution in [-0.2, 0) is 16.1 Å². The Labute approximate surface area is 176 Å². The largest absolute Gasteiger partial charge is 0.376 e. The Bertz CT molecular complexity index is 882. The van der Waals surface area contributed by atoms with E-state index in [2.05, 4.69) is 0 Å². The van der Waals surface area contributed by atoms with Crippen molar-refractivity contribution in [1.29, 1.82) is 0 Å². The molecule has 2 aromatic rings. The Morgan fingerprint density at radius 3 is 2.83 bits per heavy atom. The fourth-order valence-electron chi connectivity index (χ4n) is 3.05. The van der Waals surface area contributed by atoms with Crippen LogP contribution in [0.15, 0.2) is 40.6 Å². The van der Waals surface area contributed by atoms with Gasteiger partial charge < -0.3 is 15.4 Å². The second-order valence-corrected chi connectivity index (χ2v) is 8.63. The van der Waals surface area contributed by atoms with Gasteiger partial charge in [0.15, 0.2) is 0 Å². The van der Waals surface area contributed by atoms with Crippen molar-refractivity contribution in [2.24, 2.45) is 5.73 Å². The Hall–Kier alpha value is -2.43. The normalized spacial score (nSPS) is 15.9. The molecular weight excluding hydrogens is 414 g/mol. The number of rotatable bonds is 9. The van der Waals surface area contributed by atoms with Gasteiger partial charge in [0.2, 0.25) is 11.8 Å². The van der Waals surface area contributed by atoms with Gasteiger partial charge in [-0.25, -0.2) is 0 Å². The molecular formula is C19H21N3O5S2. The van der Waals surface area contributed by atoms with E-state index in [1.165, 1.54) is 12.1 Å². The molecule has 2 N–H and O–H groups in total. The molecule has 29 heavy (non-hydrogen) atoms. The van der Waals surface area contributed by atoms with E-state index in [0.717, 1.165) is 35.5 Å². The Kier molecular flexibility index (Phi) is 7.24. The van der Waals surface area contributed by atoms with Gasteiger partial charge in [-0.05, 0) is 36.4 Å². The molecule has 0 spiro atoms. The highest BCUT2D eigenvalue weighted by Crippen LogP contribution is 2.30. The highest BCUT2D eigenvalue weighted by atomic mass is 32.2. The van der Waals surface area contributed by atoms with Crippen LogP contribution in [0, 0.1) is 10.1 Å². The first-order valence-electron chi connectivity index (χ1n) is 9.07. The molecule has 0 aliphatic carbocycles. The molecule has 2 amide bonds. The van der Waals surface area contributed by atoms with Crippen molar-refractivity contribution >= 4 is 40.6 Å². The second-order valence-electron chi connectivity index (χ2n) is 6.58. The predicted octanol–water partition coefficient (Wildman–Crippen LogP) is 3.06. The third kappa shape index (κ3) is 5.78. The molecule has 1 atom stereocenters. The SMILES string of the molecule is NC(=O)c1ccc(SCC(=O)N(Cc2cccs2)CC2CCCO2)c([N+](=O)[O-])c1. The molecule has 2 heterocycles. The number of nitrogens with zero attached hydrogens (tertiary/aromatic N) is 2. The topological polar surface area (TPSA) is 116 Å². The van der Waals surface area contributed by atoms with E-state index in [-0.39, 0.29) is 29.0 Å². The van der Waals surface area contributed by atoms with Crippen molar-refractivity contribution < 1.29 is 19.2 Å². The van der Waals surface area contributed by atoms with Gasteiger partial charge in [0.1, 0.15) is 0 Å². The molecule has 1 aromatic carbocycles. The number of thiophene rings is 1. The second kappa shape index (κ2) is 9.86. The lowest BCUT2D eigenvalue weighted by molar-refractivity contribution is -0.387. The molecule has 0 saturated carbocycles. The van der Waals surface area contributed by atoms with Crippen LogP contribution < -0.4 is 5.73 Å². The smallest absolute Gasteiger partial charge is 0.283 e. The Morgan fingerprint density at radius 2 is 2.21 bits per heavy atom. The van der Waals surface area contributed by atoms with Crippen LogP contribution in [0.1, 0.15) is 28.1 Å². The van der Waals surface area contributed by atoms with Crippen LogP contribution in [0.5, 0.6) is 0 Å². The van der Waals surface area contributed by atoms with E-state index in [9.17, 15) is 19.7 Å². The minimum Gasteiger partial charge on any atom is -0.376 e. The summed E-state index contributed by atoms with van der Waals surface area (Å²) in [6, 6.07) is 7.94. The number of carbonyl (C=O) groups is 2. The number of nitro benzene ring substituents is 1. The molecule has 10 heteroatoms. The summed E-state index contributed by atoms with van der Waals surface area (Å²) in [5.41, 5.74) is 5.02. The zero-order chi connectivity index (χ0) is 20.8. The van der Waals surface area contributed by atoms with E-state index >= 15 is 0 Å². The number of thioether (sulfide) groups is 1. The summed E-state index contributed by atoms with van der Waals surface area (Å²) < 4.78 is 5.67. The summed E-state index contributed by atoms with van der Waals surface area (Å²) in [5.74, 6) is -0.805. The van der Waals surface area contributed by atoms with Crippen molar-refractivity contribution in [2.45, 2.75) is 30.4 Å². The minimum atomic E-state index is -0.737. The summed E-state index contributed by atoms with van der Waals surface area (Å²) in [5, 5.41) is 13.3. The maximum atomic E-state index is 12.9. The fraction of sp³-hybridized carbons (Fsp3) is 0.368. The maximum absolute atomic E-state index is 12.9. The van der Waals surface area contributed by atoms with E-state index in [1.54, 1.807) is 16.2 Å². The average molecular weight is 436 g/mol. The number of ether oxygens (including phenoxy) is 1. The van der Waals surface area contributed by atoms with Gasteiger partial charge in [-0.2, -0.15) is 0 Å². The fourth-order valence-corrected chi connectivity index (χ4v) is 4.67. The molecule has 1 aliphatic rings. The number of nitrogens with two attached hydrogens (primary N) is 1. The van der Waals surface area contributed by atoms with Crippen molar-refractivity contribution in [1.82, 2.24) is 4.90 Å². The van der Waals surface area contributed by atoms with Crippen LogP contribution in [0.25, 0.3) is 0 Å². The van der Waals surface area contributed by atoms with E-state index < -0.39 is 10.8 Å². The van der Waals surface area contributed by atoms with Crippen LogP contribution >= 0.6 is 23.1 Å². The van der Waals surface area contributed by atoms with Gasteiger partial charge in [0, 0.05) is 29.7 Å². The monoisotopic (exact) mass is 435 g/mol. The number of nitro groups is 1. The first kappa shape index (κ1) is 21.3. The van der Waals surface area contributed by atoms with Gasteiger partial charge in [-0.15, -0.1) is 23.1 Å². The van der Waals surface area contributed by atoms with Gasteiger partial charge >= 0.3 is 0 Å². The molecule has 1 unspecified atom stereocenters. The predicted molar refractivity (Wildman–Crippen MR) is 111 cm³/mol. The first-order valence-corrected chi connectivity index (χ1v) is 10.9. The average Bonchev–Trinajstić information content (AvgIpc) is 3.39. The minimum absolute atomic E-state index is 0.0214. The zero-order valence-electron chi connectivity index (χ0n) is 15.6. The highest BCUT2D eigenvalue weighted by molar-refractivity contribution is 8.00. The number of hydrogen-bond acceptors (Lipinski definition) is 7. The van der Waals surface area contributed by atoms with Crippen LogP contribution in [-0.4, -0.2) is 46.6 Å². The molecule has 1 aliphatic heterocycles. The van der Waals surface area contributed by atoms with Gasteiger partial charge in [-0.1, -0.05) is 6.07 Å². The van der Waals surface area contributed by atoms with E-state index in [1.807, 2.05) is 17.5 Å². The summed E-state index contributed by atoms with van der Waals surface area (Å²) in [4.78, 5) is 38.1. The molecule has 154 valence electrons. The summed E-state index contributed by atoms with van der Waals surface area (Å²) >= 11 is 2.66. The molecule has 3 rings (SSSR count). The van der Waals surface area contributed by atoms with Crippen molar-refractivity contribution in [3.63, 3.8) is 0 Å². The number of amides is 2. The first-order chi connectivity index (χ1) is 13.9. The molecule has 0 bridgehead atoms. The van der Waals surface area contributed by atoms with Crippen LogP contribution in [0.3, 0.4) is 0 Å². The maximum Gasteiger partial charge on any atom is 0.283 e. The zero-order valence-corrected chi connectivity index (χ0v) is 17.2. The van der Waals surface area contributed by atoms with Gasteiger partial charge in [0.25, 0.3) is 5.69 Å². The molecule has 1 saturated heterocycles. The van der Waals surface area contributed by atoms with Gasteiger partial charge in [0.05, 0.1) is 28.2 Å². The summed E-state index contributed by atoms with van der Waals surface area (Å²) in [6.45, 7) is 1.69. The lowest BCUT2D eigenvalue weighted by atomic mass is 10.2. The number of carbonyl (C=O) groups excluding carboxylic acids is 2. The van der Waals surface area contributed by atoms with Crippen LogP contribution in [0.2, 0.25) is 0 Å². The van der Waals surface area contributed by atoms with Gasteiger partial charge in [-0.3, -0.25) is 19.7 Å². The van der Waals surface area contributed by atoms with E-state index in [4.69, 9.17) is 10.5 Å². The van der Waals surface area contributed by atoms with Crippen molar-refractivity contribution in [2.75, 3.05) is 18.9 Å². The molecule has 0 radical (unpaired) electrons. The van der Waals surface area contributed by atoms with Crippen molar-refractivity contribution in [3.05, 3.63) is 56.3 Å². The number of hydrogen-bond donors (Lipinski definition) is 1. The lowest BCUT2D eigenvalue weighted by Crippen LogP contribution is -2.37. The molecule has 1 fully saturated rings. The molecule has 1 aromatic heterocycles. The van der Waals surface area contributed by atoms with Crippen molar-refractivity contribution in [3.8, 4) is 0 Å². The van der Waals surface area contributed by atoms with Crippen LogP contribution in [0.4, 0.5) is 5.69 Å². The third-order valence-electron chi connectivity index (χ3n) is 4.52. The summed E-state index contributed by atoms with van der Waals surface area (Å²) in [7, 11) is 0. The Morgan fingerprint density at radius 1 is 1.38 bits per heavy atom. The standard InChI is InChI=1S/C19H21N3O5S2/c20-19(24)13-5-6-17(16(9-13)22(25)26)29-12-18(23)21(10-14-3-1-7-27-14)11-15-4-2-8-28-15/h2,4-6,8-9,14H,1,3,7,10-12H2,(H2,20,24). The summed E-state index contributed by atoms with van der Waals surface area (Å²) in [6.07, 6.45) is 1.92. The Balaban J connectivity index is 1.70. The van der Waals surface area contributed by atoms with E-state index in [0.29, 0.717) is 24.6 Å². The highest BCUT2D eigenvalue weighted by Gasteiger charge is 2.24. The molecule has 8 nitrogen and oxygen atoms in total. The quantitative estimate of drug-likeness (QED) is 0.368. The third-order valence-corrected chi connectivity index (χ3v) is 6.43.